The highest BCUT2D eigenvalue weighted by Crippen LogP contribution is 2.01. The molecule has 0 N–H and O–H groups in total. The highest BCUT2D eigenvalue weighted by Gasteiger charge is 2.07. The minimum atomic E-state index is -0.269. The number of hydrogen-bond acceptors (Lipinski definition) is 5. The average molecular weight is 315 g/mol. The van der Waals surface area contributed by atoms with Gasteiger partial charge in [-0.05, 0) is 18.2 Å². The van der Waals surface area contributed by atoms with E-state index >= 15 is 0 Å². The van der Waals surface area contributed by atoms with E-state index in [1.54, 1.807) is 36.1 Å². The van der Waals surface area contributed by atoms with E-state index in [9.17, 15) is 9.59 Å². The van der Waals surface area contributed by atoms with Crippen LogP contribution in [0.4, 0.5) is 0 Å². The quantitative estimate of drug-likeness (QED) is 0.650. The summed E-state index contributed by atoms with van der Waals surface area (Å²) in [6, 6.07) is 3.24. The van der Waals surface area contributed by atoms with E-state index in [1.165, 1.54) is 28.2 Å². The van der Waals surface area contributed by atoms with Gasteiger partial charge in [-0.3, -0.25) is 14.3 Å². The third-order valence-electron chi connectivity index (χ3n) is 3.10. The van der Waals surface area contributed by atoms with Crippen molar-refractivity contribution in [3.8, 4) is 0 Å². The zero-order valence-corrected chi connectivity index (χ0v) is 12.8. The Hall–Kier alpha value is -2.67. The zero-order chi connectivity index (χ0) is 15.7. The summed E-state index contributed by atoms with van der Waals surface area (Å²) in [6.45, 7) is 0. The Kier molecular flexibility index (Phi) is 3.64. The van der Waals surface area contributed by atoms with Crippen molar-refractivity contribution in [1.82, 2.24) is 14.3 Å². The number of carbonyl (C=O) groups excluding carboxylic acids is 1. The van der Waals surface area contributed by atoms with E-state index in [0.29, 0.717) is 9.20 Å². The van der Waals surface area contributed by atoms with Crippen molar-refractivity contribution in [3.63, 3.8) is 0 Å². The van der Waals surface area contributed by atoms with Crippen molar-refractivity contribution >= 4 is 29.3 Å². The molecule has 3 aromatic heterocycles. The summed E-state index contributed by atoms with van der Waals surface area (Å²) in [5, 5.41) is 4.06. The first-order valence-electron chi connectivity index (χ1n) is 6.50. The van der Waals surface area contributed by atoms with Crippen LogP contribution in [-0.2, 0) is 14.1 Å². The second kappa shape index (κ2) is 5.61. The molecule has 0 unspecified atom stereocenters. The fourth-order valence-electron chi connectivity index (χ4n) is 1.98. The van der Waals surface area contributed by atoms with Crippen LogP contribution in [0.2, 0.25) is 0 Å². The maximum Gasteiger partial charge on any atom is 0.268 e. The van der Waals surface area contributed by atoms with Crippen LogP contribution in [0.1, 0.15) is 16.1 Å². The van der Waals surface area contributed by atoms with Crippen molar-refractivity contribution in [1.29, 1.82) is 0 Å². The maximum atomic E-state index is 12.2. The number of ketones is 1. The molecule has 3 heterocycles. The highest BCUT2D eigenvalue weighted by molar-refractivity contribution is 7.07. The predicted molar refractivity (Wildman–Crippen MR) is 83.1 cm³/mol. The molecule has 0 bridgehead atoms. The number of Topliss-reactive ketones (excluding diaryl/α,β-unsaturated/α-hetero) is 1. The first-order chi connectivity index (χ1) is 10.5. The van der Waals surface area contributed by atoms with Crippen molar-refractivity contribution in [3.05, 3.63) is 61.7 Å². The summed E-state index contributed by atoms with van der Waals surface area (Å²) < 4.78 is 9.30. The maximum absolute atomic E-state index is 12.2. The van der Waals surface area contributed by atoms with Crippen LogP contribution < -0.4 is 14.8 Å². The summed E-state index contributed by atoms with van der Waals surface area (Å²) in [5.41, 5.74) is 0.692. The Morgan fingerprint density at radius 2 is 2.23 bits per heavy atom. The molecule has 6 nitrogen and oxygen atoms in total. The minimum absolute atomic E-state index is 0.146. The standard InChI is InChI=1S/C15H13N3O3S/c1-17-9-10(8-16-17)6-13-15(20)18(2)14(22-13)7-11(19)12-4-3-5-21-12/h3-9H,1-2H3/b13-6-,14-7-. The largest absolute Gasteiger partial charge is 0.461 e. The summed E-state index contributed by atoms with van der Waals surface area (Å²) in [7, 11) is 3.45. The summed E-state index contributed by atoms with van der Waals surface area (Å²) in [5.74, 6) is -0.0200. The molecule has 0 fully saturated rings. The number of furan rings is 1. The van der Waals surface area contributed by atoms with Crippen molar-refractivity contribution < 1.29 is 9.21 Å². The summed E-state index contributed by atoms with van der Waals surface area (Å²) >= 11 is 1.26. The molecule has 112 valence electrons. The molecule has 0 aromatic carbocycles. The lowest BCUT2D eigenvalue weighted by molar-refractivity contribution is 0.103. The molecule has 0 spiro atoms. The Balaban J connectivity index is 2.08. The average Bonchev–Trinajstić information content (AvgIpc) is 3.19. The van der Waals surface area contributed by atoms with E-state index < -0.39 is 0 Å². The molecular weight excluding hydrogens is 302 g/mol. The van der Waals surface area contributed by atoms with Gasteiger partial charge in [0.05, 0.1) is 17.0 Å². The van der Waals surface area contributed by atoms with Crippen LogP contribution in [0, 0.1) is 0 Å². The molecule has 0 saturated heterocycles. The molecule has 3 aromatic rings. The normalized spacial score (nSPS) is 13.0. The fraction of sp³-hybridized carbons (Fsp3) is 0.133. The number of aromatic nitrogens is 3. The SMILES string of the molecule is Cn1cc(/C=c2\s/c(=C\C(=O)c3ccco3)n(C)c2=O)cn1. The highest BCUT2D eigenvalue weighted by atomic mass is 32.1. The van der Waals surface area contributed by atoms with Gasteiger partial charge in [-0.2, -0.15) is 5.10 Å². The Morgan fingerprint density at radius 3 is 2.86 bits per heavy atom. The van der Waals surface area contributed by atoms with Gasteiger partial charge in [-0.1, -0.05) is 0 Å². The Morgan fingerprint density at radius 1 is 1.41 bits per heavy atom. The monoisotopic (exact) mass is 315 g/mol. The van der Waals surface area contributed by atoms with Gasteiger partial charge in [0.25, 0.3) is 5.56 Å². The smallest absolute Gasteiger partial charge is 0.268 e. The second-order valence-corrected chi connectivity index (χ2v) is 5.81. The third-order valence-corrected chi connectivity index (χ3v) is 4.21. The number of aryl methyl sites for hydroxylation is 1. The molecule has 0 aliphatic heterocycles. The van der Waals surface area contributed by atoms with E-state index in [0.717, 1.165) is 5.56 Å². The number of thiazole rings is 1. The van der Waals surface area contributed by atoms with Crippen LogP contribution in [0.3, 0.4) is 0 Å². The lowest BCUT2D eigenvalue weighted by atomic mass is 10.3. The Labute approximate surface area is 129 Å². The van der Waals surface area contributed by atoms with Gasteiger partial charge in [-0.25, -0.2) is 0 Å². The lowest BCUT2D eigenvalue weighted by Crippen LogP contribution is -2.29. The molecule has 0 aliphatic rings. The molecule has 0 amide bonds. The van der Waals surface area contributed by atoms with E-state index in [2.05, 4.69) is 5.10 Å². The van der Waals surface area contributed by atoms with E-state index in [1.807, 2.05) is 13.2 Å². The molecule has 0 aliphatic carbocycles. The second-order valence-electron chi connectivity index (χ2n) is 4.75. The van der Waals surface area contributed by atoms with Crippen LogP contribution in [0.15, 0.2) is 40.0 Å². The number of hydrogen-bond donors (Lipinski definition) is 0. The number of nitrogens with zero attached hydrogens (tertiary/aromatic N) is 3. The molecule has 3 rings (SSSR count). The summed E-state index contributed by atoms with van der Waals surface area (Å²) in [6.07, 6.45) is 8.10. The van der Waals surface area contributed by atoms with Crippen molar-refractivity contribution in [2.45, 2.75) is 0 Å². The van der Waals surface area contributed by atoms with Gasteiger partial charge in [0.1, 0.15) is 4.66 Å². The number of carbonyl (C=O) groups is 1. The first-order valence-corrected chi connectivity index (χ1v) is 7.32. The fourth-order valence-corrected chi connectivity index (χ4v) is 3.01. The van der Waals surface area contributed by atoms with Gasteiger partial charge in [0, 0.05) is 31.9 Å². The number of rotatable bonds is 3. The van der Waals surface area contributed by atoms with Gasteiger partial charge in [0.15, 0.2) is 5.76 Å². The predicted octanol–water partition coefficient (Wildman–Crippen LogP) is 0.266. The van der Waals surface area contributed by atoms with Gasteiger partial charge < -0.3 is 8.98 Å². The summed E-state index contributed by atoms with van der Waals surface area (Å²) in [4.78, 5) is 24.3. The first kappa shape index (κ1) is 14.3. The van der Waals surface area contributed by atoms with Gasteiger partial charge in [-0.15, -0.1) is 11.3 Å². The van der Waals surface area contributed by atoms with Crippen LogP contribution in [-0.4, -0.2) is 20.1 Å². The third kappa shape index (κ3) is 2.71. The lowest BCUT2D eigenvalue weighted by Gasteiger charge is -1.89. The molecule has 22 heavy (non-hydrogen) atoms. The molecule has 0 atom stereocenters. The van der Waals surface area contributed by atoms with E-state index in [4.69, 9.17) is 4.42 Å². The van der Waals surface area contributed by atoms with Crippen LogP contribution >= 0.6 is 11.3 Å². The van der Waals surface area contributed by atoms with Crippen LogP contribution in [0.25, 0.3) is 12.2 Å². The zero-order valence-electron chi connectivity index (χ0n) is 12.0. The molecule has 0 saturated carbocycles. The molecule has 0 radical (unpaired) electrons. The van der Waals surface area contributed by atoms with E-state index in [-0.39, 0.29) is 17.1 Å². The topological polar surface area (TPSA) is 70.0 Å². The molecule has 7 heteroatoms. The van der Waals surface area contributed by atoms with Crippen molar-refractivity contribution in [2.75, 3.05) is 0 Å². The minimum Gasteiger partial charge on any atom is -0.461 e. The molecular formula is C15H13N3O3S. The van der Waals surface area contributed by atoms with Gasteiger partial charge >= 0.3 is 0 Å². The van der Waals surface area contributed by atoms with Gasteiger partial charge in [0.2, 0.25) is 5.78 Å². The van der Waals surface area contributed by atoms with Crippen molar-refractivity contribution in [2.24, 2.45) is 14.1 Å². The Bertz CT molecular complexity index is 990. The van der Waals surface area contributed by atoms with Crippen LogP contribution in [0.5, 0.6) is 0 Å².